The van der Waals surface area contributed by atoms with Crippen molar-refractivity contribution in [1.29, 1.82) is 0 Å². The Balaban J connectivity index is 3.14. The molecule has 13 heavy (non-hydrogen) atoms. The number of rotatable bonds is 2. The molecule has 0 aliphatic rings. The molecule has 1 aromatic heterocycles. The highest BCUT2D eigenvalue weighted by molar-refractivity contribution is 5.06. The van der Waals surface area contributed by atoms with E-state index in [1.165, 1.54) is 4.57 Å². The summed E-state index contributed by atoms with van der Waals surface area (Å²) in [6.45, 7) is 5.56. The smallest absolute Gasteiger partial charge is 0.348 e. The average molecular weight is 182 g/mol. The monoisotopic (exact) mass is 182 g/mol. The Labute approximate surface area is 76.9 Å². The first-order valence-electron chi connectivity index (χ1n) is 4.24. The van der Waals surface area contributed by atoms with Crippen molar-refractivity contribution in [3.63, 3.8) is 0 Å². The molecule has 0 bridgehead atoms. The molecule has 0 radical (unpaired) electrons. The van der Waals surface area contributed by atoms with Crippen LogP contribution in [0.3, 0.4) is 0 Å². The maximum absolute atomic E-state index is 11.3. The van der Waals surface area contributed by atoms with Crippen molar-refractivity contribution in [2.24, 2.45) is 0 Å². The Morgan fingerprint density at radius 1 is 1.62 bits per heavy atom. The molecule has 1 heterocycles. The van der Waals surface area contributed by atoms with Crippen molar-refractivity contribution in [1.82, 2.24) is 9.55 Å². The third-order valence-corrected chi connectivity index (χ3v) is 1.79. The fraction of sp³-hybridized carbons (Fsp3) is 0.556. The molecule has 0 saturated carbocycles. The van der Waals surface area contributed by atoms with Crippen molar-refractivity contribution in [3.8, 4) is 0 Å². The average Bonchev–Trinajstić information content (AvgIpc) is 1.96. The van der Waals surface area contributed by atoms with E-state index >= 15 is 0 Å². The first-order valence-corrected chi connectivity index (χ1v) is 4.24. The molecule has 1 rings (SSSR count). The van der Waals surface area contributed by atoms with Crippen LogP contribution in [0, 0.1) is 13.8 Å². The number of hydrogen-bond acceptors (Lipinski definition) is 3. The fourth-order valence-corrected chi connectivity index (χ4v) is 1.26. The van der Waals surface area contributed by atoms with Gasteiger partial charge in [0.15, 0.2) is 0 Å². The highest BCUT2D eigenvalue weighted by Gasteiger charge is 2.04. The lowest BCUT2D eigenvalue weighted by Gasteiger charge is -2.10. The lowest BCUT2D eigenvalue weighted by atomic mass is 10.3. The molecule has 1 N–H and O–H groups in total. The highest BCUT2D eigenvalue weighted by atomic mass is 16.3. The third-order valence-electron chi connectivity index (χ3n) is 1.79. The van der Waals surface area contributed by atoms with Crippen LogP contribution >= 0.6 is 0 Å². The largest absolute Gasteiger partial charge is 0.392 e. The topological polar surface area (TPSA) is 55.1 Å². The van der Waals surface area contributed by atoms with Gasteiger partial charge in [-0.1, -0.05) is 0 Å². The van der Waals surface area contributed by atoms with Crippen molar-refractivity contribution >= 4 is 0 Å². The van der Waals surface area contributed by atoms with E-state index in [0.717, 1.165) is 5.69 Å². The van der Waals surface area contributed by atoms with Gasteiger partial charge in [-0.15, -0.1) is 0 Å². The van der Waals surface area contributed by atoms with Gasteiger partial charge >= 0.3 is 5.69 Å². The Kier molecular flexibility index (Phi) is 2.83. The second-order valence-electron chi connectivity index (χ2n) is 3.28. The summed E-state index contributed by atoms with van der Waals surface area (Å²) < 4.78 is 1.47. The molecule has 0 aliphatic heterocycles. The van der Waals surface area contributed by atoms with Gasteiger partial charge in [-0.2, -0.15) is 4.98 Å². The molecule has 1 aromatic rings. The minimum Gasteiger partial charge on any atom is -0.392 e. The van der Waals surface area contributed by atoms with Gasteiger partial charge in [0, 0.05) is 11.4 Å². The summed E-state index contributed by atoms with van der Waals surface area (Å²) in [6.07, 6.45) is -0.527. The molecule has 0 fully saturated rings. The molecule has 0 aromatic carbocycles. The SMILES string of the molecule is Cc1cc(C)n(CC(C)O)c(=O)n1. The summed E-state index contributed by atoms with van der Waals surface area (Å²) in [4.78, 5) is 15.1. The molecule has 0 aliphatic carbocycles. The summed E-state index contributed by atoms with van der Waals surface area (Å²) in [6, 6.07) is 1.82. The standard InChI is InChI=1S/C9H14N2O2/c1-6-4-7(2)11(5-8(3)12)9(13)10-6/h4,8,12H,5H2,1-3H3. The molecular weight excluding hydrogens is 168 g/mol. The van der Waals surface area contributed by atoms with E-state index in [9.17, 15) is 4.79 Å². The molecule has 4 nitrogen and oxygen atoms in total. The van der Waals surface area contributed by atoms with E-state index in [2.05, 4.69) is 4.98 Å². The maximum atomic E-state index is 11.3. The zero-order chi connectivity index (χ0) is 10.0. The van der Waals surface area contributed by atoms with Crippen LogP contribution in [0.5, 0.6) is 0 Å². The van der Waals surface area contributed by atoms with Gasteiger partial charge in [0.05, 0.1) is 12.6 Å². The summed E-state index contributed by atoms with van der Waals surface area (Å²) in [7, 11) is 0. The Morgan fingerprint density at radius 3 is 2.69 bits per heavy atom. The van der Waals surface area contributed by atoms with Gasteiger partial charge < -0.3 is 5.11 Å². The number of aliphatic hydroxyl groups is 1. The minimum atomic E-state index is -0.527. The molecule has 72 valence electrons. The zero-order valence-corrected chi connectivity index (χ0v) is 8.11. The van der Waals surface area contributed by atoms with Crippen LogP contribution in [-0.4, -0.2) is 20.8 Å². The molecule has 4 heteroatoms. The number of hydrogen-bond donors (Lipinski definition) is 1. The predicted octanol–water partition coefficient (Wildman–Crippen LogP) is 0.241. The first kappa shape index (κ1) is 9.92. The van der Waals surface area contributed by atoms with Gasteiger partial charge in [-0.3, -0.25) is 4.57 Å². The summed E-state index contributed by atoms with van der Waals surface area (Å²) in [5, 5.41) is 9.14. The summed E-state index contributed by atoms with van der Waals surface area (Å²) in [5.74, 6) is 0. The lowest BCUT2D eigenvalue weighted by molar-refractivity contribution is 0.170. The number of nitrogens with zero attached hydrogens (tertiary/aromatic N) is 2. The molecule has 0 saturated heterocycles. The Hall–Kier alpha value is -1.16. The highest BCUT2D eigenvalue weighted by Crippen LogP contribution is 1.97. The van der Waals surface area contributed by atoms with Gasteiger partial charge in [-0.25, -0.2) is 4.79 Å². The fourth-order valence-electron chi connectivity index (χ4n) is 1.26. The molecule has 0 amide bonds. The van der Waals surface area contributed by atoms with E-state index in [0.29, 0.717) is 12.2 Å². The van der Waals surface area contributed by atoms with Gasteiger partial charge in [0.1, 0.15) is 0 Å². The van der Waals surface area contributed by atoms with E-state index in [1.807, 2.05) is 13.0 Å². The number of aromatic nitrogens is 2. The van der Waals surface area contributed by atoms with Crippen molar-refractivity contribution < 1.29 is 5.11 Å². The summed E-state index contributed by atoms with van der Waals surface area (Å²) >= 11 is 0. The van der Waals surface area contributed by atoms with Crippen LogP contribution in [0.1, 0.15) is 18.3 Å². The Morgan fingerprint density at radius 2 is 2.23 bits per heavy atom. The van der Waals surface area contributed by atoms with Crippen LogP contribution in [-0.2, 0) is 6.54 Å². The van der Waals surface area contributed by atoms with Crippen LogP contribution in [0.15, 0.2) is 10.9 Å². The van der Waals surface area contributed by atoms with Gasteiger partial charge in [-0.05, 0) is 26.8 Å². The molecule has 0 spiro atoms. The van der Waals surface area contributed by atoms with Crippen LogP contribution in [0.2, 0.25) is 0 Å². The second kappa shape index (κ2) is 3.70. The van der Waals surface area contributed by atoms with E-state index in [-0.39, 0.29) is 5.69 Å². The lowest BCUT2D eigenvalue weighted by Crippen LogP contribution is -2.29. The van der Waals surface area contributed by atoms with Crippen LogP contribution in [0.4, 0.5) is 0 Å². The number of aliphatic hydroxyl groups excluding tert-OH is 1. The Bertz CT molecular complexity index is 355. The number of aryl methyl sites for hydroxylation is 2. The van der Waals surface area contributed by atoms with Crippen molar-refractivity contribution in [2.75, 3.05) is 0 Å². The molecular formula is C9H14N2O2. The third kappa shape index (κ3) is 2.39. The van der Waals surface area contributed by atoms with Crippen molar-refractivity contribution in [3.05, 3.63) is 27.9 Å². The van der Waals surface area contributed by atoms with E-state index < -0.39 is 6.10 Å². The maximum Gasteiger partial charge on any atom is 0.348 e. The van der Waals surface area contributed by atoms with Crippen LogP contribution in [0.25, 0.3) is 0 Å². The zero-order valence-electron chi connectivity index (χ0n) is 8.11. The molecule has 1 atom stereocenters. The van der Waals surface area contributed by atoms with Crippen molar-refractivity contribution in [2.45, 2.75) is 33.4 Å². The predicted molar refractivity (Wildman–Crippen MR) is 49.7 cm³/mol. The molecule has 1 unspecified atom stereocenters. The minimum absolute atomic E-state index is 0.293. The van der Waals surface area contributed by atoms with E-state index in [1.54, 1.807) is 13.8 Å². The normalized spacial score (nSPS) is 12.9. The first-order chi connectivity index (χ1) is 6.00. The quantitative estimate of drug-likeness (QED) is 0.712. The van der Waals surface area contributed by atoms with Gasteiger partial charge in [0.2, 0.25) is 0 Å². The van der Waals surface area contributed by atoms with E-state index in [4.69, 9.17) is 5.11 Å². The second-order valence-corrected chi connectivity index (χ2v) is 3.28. The summed E-state index contributed by atoms with van der Waals surface area (Å²) in [5.41, 5.74) is 1.25. The van der Waals surface area contributed by atoms with Gasteiger partial charge in [0.25, 0.3) is 0 Å². The van der Waals surface area contributed by atoms with Crippen LogP contribution < -0.4 is 5.69 Å².